The summed E-state index contributed by atoms with van der Waals surface area (Å²) in [7, 11) is -6.33. The van der Waals surface area contributed by atoms with Gasteiger partial charge in [-0.25, -0.2) is 4.79 Å². The van der Waals surface area contributed by atoms with E-state index in [0.717, 1.165) is 0 Å². The normalized spacial score (nSPS) is 11.9. The van der Waals surface area contributed by atoms with E-state index < -0.39 is 21.4 Å². The molecule has 0 radical (unpaired) electrons. The summed E-state index contributed by atoms with van der Waals surface area (Å²) in [6.45, 7) is 0. The van der Waals surface area contributed by atoms with Crippen LogP contribution in [-0.2, 0) is 34.5 Å². The Morgan fingerprint density at radius 2 is 1.64 bits per heavy atom. The maximum Gasteiger partial charge on any atom is 0.470 e. The number of carbonyl (C=O) groups is 1. The Hall–Kier alpha value is -0.167. The molecule has 0 aromatic rings. The molecule has 62 valence electrons. The van der Waals surface area contributed by atoms with Gasteiger partial charge in [-0.15, -0.1) is 0 Å². The smallest absolute Gasteiger partial charge is 0.470 e. The van der Waals surface area contributed by atoms with Crippen LogP contribution >= 0.6 is 0 Å². The molecule has 0 aliphatic carbocycles. The largest absolute Gasteiger partial charge is 0.476 e. The summed E-state index contributed by atoms with van der Waals surface area (Å²) in [4.78, 5) is 9.30. The third-order valence-corrected chi connectivity index (χ3v) is 1.34. The van der Waals surface area contributed by atoms with Crippen molar-refractivity contribution in [3.63, 3.8) is 0 Å². The molecule has 0 atom stereocenters. The van der Waals surface area contributed by atoms with Gasteiger partial charge in [0, 0.05) is 19.5 Å². The molecule has 0 saturated heterocycles. The fourth-order valence-electron chi connectivity index (χ4n) is 0.104. The molecule has 0 bridgehead atoms. The number of carboxylic acid groups (broad SMARTS) is 1. The fourth-order valence-corrected chi connectivity index (χ4v) is 0.313. The minimum absolute atomic E-state index is 0. The van der Waals surface area contributed by atoms with Crippen molar-refractivity contribution in [1.29, 1.82) is 0 Å². The van der Waals surface area contributed by atoms with Gasteiger partial charge in [-0.2, -0.15) is 17.2 Å². The first-order chi connectivity index (χ1) is 4.19. The van der Waals surface area contributed by atoms with Crippen molar-refractivity contribution in [3.8, 4) is 0 Å². The maximum absolute atomic E-state index is 11.5. The molecule has 0 aliphatic heterocycles. The van der Waals surface area contributed by atoms with Gasteiger partial charge >= 0.3 is 21.4 Å². The Bertz CT molecular complexity index is 246. The minimum atomic E-state index is -6.33. The van der Waals surface area contributed by atoms with Crippen molar-refractivity contribution < 1.29 is 50.5 Å². The van der Waals surface area contributed by atoms with Crippen LogP contribution in [-0.4, -0.2) is 24.7 Å². The van der Waals surface area contributed by atoms with E-state index in [1.54, 1.807) is 0 Å². The van der Waals surface area contributed by atoms with Crippen molar-refractivity contribution in [1.82, 2.24) is 0 Å². The molecule has 0 spiro atoms. The Labute approximate surface area is 72.4 Å². The third-order valence-electron chi connectivity index (χ3n) is 0.555. The standard InChI is InChI=1S/C2HF3O4S.Zn/c3-2(4,1(6)7)10(5,8)9;/h(H,6,7);. The zero-order chi connectivity index (χ0) is 8.58. The summed E-state index contributed by atoms with van der Waals surface area (Å²) in [6, 6.07) is 0. The fraction of sp³-hybridized carbons (Fsp3) is 0.500. The van der Waals surface area contributed by atoms with Gasteiger partial charge in [0.2, 0.25) is 0 Å². The summed E-state index contributed by atoms with van der Waals surface area (Å²) in [5.74, 6) is -3.03. The molecule has 1 N–H and O–H groups in total. The molecule has 4 nitrogen and oxygen atoms in total. The van der Waals surface area contributed by atoms with Crippen molar-refractivity contribution in [2.45, 2.75) is 5.25 Å². The number of halogens is 3. The number of aliphatic carboxylic acids is 1. The molecule has 0 rings (SSSR count). The van der Waals surface area contributed by atoms with E-state index >= 15 is 0 Å². The zero-order valence-corrected chi connectivity index (χ0v) is 8.70. The monoisotopic (exact) mass is 242 g/mol. The van der Waals surface area contributed by atoms with Crippen LogP contribution < -0.4 is 0 Å². The van der Waals surface area contributed by atoms with Gasteiger partial charge in [0.1, 0.15) is 0 Å². The molecule has 0 amide bonds. The first kappa shape index (κ1) is 13.4. The molecule has 0 heterocycles. The van der Waals surface area contributed by atoms with Gasteiger partial charge < -0.3 is 5.11 Å². The summed E-state index contributed by atoms with van der Waals surface area (Å²) in [5.41, 5.74) is 0. The van der Waals surface area contributed by atoms with Crippen LogP contribution in [0.5, 0.6) is 0 Å². The molecule has 9 heteroatoms. The van der Waals surface area contributed by atoms with E-state index in [4.69, 9.17) is 5.11 Å². The van der Waals surface area contributed by atoms with Gasteiger partial charge in [-0.05, 0) is 0 Å². The molecular weight excluding hydrogens is 242 g/mol. The molecule has 0 aromatic heterocycles. The van der Waals surface area contributed by atoms with Gasteiger partial charge in [0.05, 0.1) is 0 Å². The summed E-state index contributed by atoms with van der Waals surface area (Å²) in [6.07, 6.45) is 0. The molecule has 0 aromatic carbocycles. The average molecular weight is 243 g/mol. The van der Waals surface area contributed by atoms with E-state index in [-0.39, 0.29) is 19.5 Å². The van der Waals surface area contributed by atoms with Crippen molar-refractivity contribution in [2.75, 3.05) is 0 Å². The van der Waals surface area contributed by atoms with Crippen LogP contribution in [0.2, 0.25) is 0 Å². The topological polar surface area (TPSA) is 71.4 Å². The van der Waals surface area contributed by atoms with E-state index in [1.165, 1.54) is 0 Å². The molecular formula is C2HF3O4SZn. The summed E-state index contributed by atoms with van der Waals surface area (Å²) >= 11 is 0. The van der Waals surface area contributed by atoms with Crippen LogP contribution in [0.3, 0.4) is 0 Å². The number of carboxylic acids is 1. The van der Waals surface area contributed by atoms with E-state index in [0.29, 0.717) is 0 Å². The van der Waals surface area contributed by atoms with Crippen LogP contribution in [0.15, 0.2) is 0 Å². The first-order valence-electron chi connectivity index (χ1n) is 1.75. The first-order valence-corrected chi connectivity index (χ1v) is 3.13. The maximum atomic E-state index is 11.5. The Morgan fingerprint density at radius 3 is 1.64 bits per heavy atom. The second-order valence-electron chi connectivity index (χ2n) is 1.26. The van der Waals surface area contributed by atoms with Crippen LogP contribution in [0.25, 0.3) is 0 Å². The second-order valence-corrected chi connectivity index (χ2v) is 2.65. The summed E-state index contributed by atoms with van der Waals surface area (Å²) < 4.78 is 52.8. The van der Waals surface area contributed by atoms with E-state index in [1.807, 2.05) is 0 Å². The van der Waals surface area contributed by atoms with Gasteiger partial charge in [-0.3, -0.25) is 0 Å². The SMILES string of the molecule is O=C(O)C(F)(F)S(=O)(=O)F.[Zn]. The second kappa shape index (κ2) is 3.49. The Morgan fingerprint density at radius 1 is 1.36 bits per heavy atom. The molecule has 0 unspecified atom stereocenters. The van der Waals surface area contributed by atoms with Crippen molar-refractivity contribution in [2.24, 2.45) is 0 Å². The van der Waals surface area contributed by atoms with Crippen LogP contribution in [0.4, 0.5) is 12.7 Å². The van der Waals surface area contributed by atoms with Gasteiger partial charge in [0.15, 0.2) is 0 Å². The molecule has 0 aliphatic rings. The van der Waals surface area contributed by atoms with Gasteiger partial charge in [-0.1, -0.05) is 3.89 Å². The number of hydrogen-bond donors (Lipinski definition) is 1. The predicted molar refractivity (Wildman–Crippen MR) is 22.6 cm³/mol. The van der Waals surface area contributed by atoms with Crippen molar-refractivity contribution >= 4 is 16.2 Å². The van der Waals surface area contributed by atoms with Crippen LogP contribution in [0.1, 0.15) is 0 Å². The minimum Gasteiger partial charge on any atom is -0.476 e. The number of alkyl halides is 2. The Balaban J connectivity index is 0. The van der Waals surface area contributed by atoms with E-state index in [9.17, 15) is 25.9 Å². The molecule has 11 heavy (non-hydrogen) atoms. The third kappa shape index (κ3) is 2.74. The molecule has 0 saturated carbocycles. The average Bonchev–Trinajstić information content (AvgIpc) is 1.62. The quantitative estimate of drug-likeness (QED) is 0.546. The van der Waals surface area contributed by atoms with E-state index in [2.05, 4.69) is 0 Å². The summed E-state index contributed by atoms with van der Waals surface area (Å²) in [5, 5.41) is 2.07. The van der Waals surface area contributed by atoms with Crippen LogP contribution in [0, 0.1) is 0 Å². The zero-order valence-electron chi connectivity index (χ0n) is 4.92. The van der Waals surface area contributed by atoms with Gasteiger partial charge in [0.25, 0.3) is 0 Å². The molecule has 0 fully saturated rings. The number of hydrogen-bond acceptors (Lipinski definition) is 3. The Kier molecular flexibility index (Phi) is 4.26. The predicted octanol–water partition coefficient (Wildman–Crippen LogP) is -0.0394. The van der Waals surface area contributed by atoms with Crippen molar-refractivity contribution in [3.05, 3.63) is 0 Å². The number of rotatable bonds is 2.